The number of hydrogen-bond donors (Lipinski definition) is 1. The normalized spacial score (nSPS) is 42.5. The molecule has 3 rings (SSSR count). The molecule has 0 amide bonds. The third kappa shape index (κ3) is 1.98. The highest BCUT2D eigenvalue weighted by atomic mass is 17.1. The lowest BCUT2D eigenvalue weighted by molar-refractivity contribution is -0.335. The van der Waals surface area contributed by atoms with Crippen LogP contribution in [0.25, 0.3) is 0 Å². The summed E-state index contributed by atoms with van der Waals surface area (Å²) < 4.78 is 11.6. The van der Waals surface area contributed by atoms with Gasteiger partial charge in [-0.05, 0) is 42.7 Å². The van der Waals surface area contributed by atoms with Gasteiger partial charge in [0.1, 0.15) is 6.10 Å². The van der Waals surface area contributed by atoms with Gasteiger partial charge in [-0.25, -0.2) is 10.1 Å². The van der Waals surface area contributed by atoms with Gasteiger partial charge in [0, 0.05) is 13.0 Å². The SMILES string of the molecule is COC1C2OC(OO)C=C2C(C)(C)C2CCC(C)=CC12. The summed E-state index contributed by atoms with van der Waals surface area (Å²) in [6.45, 7) is 6.73. The van der Waals surface area contributed by atoms with Crippen molar-refractivity contribution in [2.24, 2.45) is 17.3 Å². The van der Waals surface area contributed by atoms with E-state index in [9.17, 15) is 0 Å². The number of allylic oxidation sites excluding steroid dienone is 1. The molecule has 112 valence electrons. The molecule has 0 saturated heterocycles. The maximum atomic E-state index is 8.92. The minimum atomic E-state index is -0.669. The number of ether oxygens (including phenoxy) is 2. The molecule has 4 heteroatoms. The van der Waals surface area contributed by atoms with Gasteiger partial charge < -0.3 is 9.47 Å². The fourth-order valence-corrected chi connectivity index (χ4v) is 4.36. The molecule has 20 heavy (non-hydrogen) atoms. The van der Waals surface area contributed by atoms with Crippen LogP contribution in [0.4, 0.5) is 0 Å². The summed E-state index contributed by atoms with van der Waals surface area (Å²) in [4.78, 5) is 4.39. The second-order valence-electron chi connectivity index (χ2n) is 6.81. The first kappa shape index (κ1) is 14.3. The van der Waals surface area contributed by atoms with Gasteiger partial charge >= 0.3 is 0 Å². The Balaban J connectivity index is 2.02. The molecule has 0 radical (unpaired) electrons. The molecule has 5 atom stereocenters. The Bertz CT molecular complexity index is 451. The van der Waals surface area contributed by atoms with Crippen molar-refractivity contribution in [2.75, 3.05) is 7.11 Å². The molecular formula is C16H24O4. The summed E-state index contributed by atoms with van der Waals surface area (Å²) in [6, 6.07) is 0. The summed E-state index contributed by atoms with van der Waals surface area (Å²) in [5, 5.41) is 8.92. The molecule has 0 aromatic heterocycles. The third-order valence-electron chi connectivity index (χ3n) is 5.42. The zero-order valence-electron chi connectivity index (χ0n) is 12.6. The van der Waals surface area contributed by atoms with Gasteiger partial charge in [0.2, 0.25) is 6.29 Å². The highest BCUT2D eigenvalue weighted by molar-refractivity contribution is 5.32. The molecule has 1 fully saturated rings. The third-order valence-corrected chi connectivity index (χ3v) is 5.42. The Morgan fingerprint density at radius 2 is 2.10 bits per heavy atom. The molecule has 1 N–H and O–H groups in total. The molecule has 0 aromatic rings. The lowest BCUT2D eigenvalue weighted by Crippen LogP contribution is -2.53. The lowest BCUT2D eigenvalue weighted by Gasteiger charge is -2.52. The molecule has 0 bridgehead atoms. The lowest BCUT2D eigenvalue weighted by atomic mass is 9.56. The van der Waals surface area contributed by atoms with Crippen molar-refractivity contribution >= 4 is 0 Å². The Labute approximate surface area is 120 Å². The smallest absolute Gasteiger partial charge is 0.211 e. The molecule has 1 saturated carbocycles. The van der Waals surface area contributed by atoms with E-state index < -0.39 is 6.29 Å². The number of hydrogen-bond acceptors (Lipinski definition) is 4. The highest BCUT2D eigenvalue weighted by Gasteiger charge is 2.55. The van der Waals surface area contributed by atoms with Crippen LogP contribution in [-0.2, 0) is 14.4 Å². The first-order valence-electron chi connectivity index (χ1n) is 7.37. The molecule has 5 unspecified atom stereocenters. The number of rotatable bonds is 2. The number of fused-ring (bicyclic) bond motifs is 2. The molecule has 4 nitrogen and oxygen atoms in total. The van der Waals surface area contributed by atoms with Crippen LogP contribution in [0, 0.1) is 17.3 Å². The van der Waals surface area contributed by atoms with Crippen molar-refractivity contribution in [3.05, 3.63) is 23.3 Å². The summed E-state index contributed by atoms with van der Waals surface area (Å²) >= 11 is 0. The quantitative estimate of drug-likeness (QED) is 0.479. The van der Waals surface area contributed by atoms with E-state index in [-0.39, 0.29) is 17.6 Å². The van der Waals surface area contributed by atoms with E-state index in [2.05, 4.69) is 31.7 Å². The number of methoxy groups -OCH3 is 1. The first-order valence-corrected chi connectivity index (χ1v) is 7.37. The van der Waals surface area contributed by atoms with Gasteiger partial charge in [-0.1, -0.05) is 25.5 Å². The largest absolute Gasteiger partial charge is 0.378 e. The highest BCUT2D eigenvalue weighted by Crippen LogP contribution is 2.55. The van der Waals surface area contributed by atoms with Crippen LogP contribution in [0.1, 0.15) is 33.6 Å². The fourth-order valence-electron chi connectivity index (χ4n) is 4.36. The average Bonchev–Trinajstić information content (AvgIpc) is 2.84. The second kappa shape index (κ2) is 4.95. The van der Waals surface area contributed by atoms with Crippen LogP contribution in [0.3, 0.4) is 0 Å². The minimum absolute atomic E-state index is 0.00493. The van der Waals surface area contributed by atoms with E-state index in [1.54, 1.807) is 7.11 Å². The monoisotopic (exact) mass is 280 g/mol. The van der Waals surface area contributed by atoms with Crippen molar-refractivity contribution in [1.82, 2.24) is 0 Å². The van der Waals surface area contributed by atoms with Crippen LogP contribution in [0.15, 0.2) is 23.3 Å². The van der Waals surface area contributed by atoms with Crippen molar-refractivity contribution in [2.45, 2.75) is 52.1 Å². The van der Waals surface area contributed by atoms with Crippen LogP contribution in [-0.4, -0.2) is 30.9 Å². The maximum Gasteiger partial charge on any atom is 0.211 e. The van der Waals surface area contributed by atoms with Crippen LogP contribution >= 0.6 is 0 Å². The summed E-state index contributed by atoms with van der Waals surface area (Å²) in [5.74, 6) is 0.906. The van der Waals surface area contributed by atoms with Crippen molar-refractivity contribution < 1.29 is 19.6 Å². The van der Waals surface area contributed by atoms with Gasteiger partial charge in [-0.15, -0.1) is 0 Å². The maximum absolute atomic E-state index is 8.92. The summed E-state index contributed by atoms with van der Waals surface area (Å²) in [7, 11) is 1.74. The van der Waals surface area contributed by atoms with Crippen molar-refractivity contribution in [3.63, 3.8) is 0 Å². The van der Waals surface area contributed by atoms with E-state index in [0.29, 0.717) is 11.8 Å². The Morgan fingerprint density at radius 1 is 1.35 bits per heavy atom. The van der Waals surface area contributed by atoms with Gasteiger partial charge in [-0.2, -0.15) is 0 Å². The van der Waals surface area contributed by atoms with E-state index in [1.807, 2.05) is 6.08 Å². The van der Waals surface area contributed by atoms with Crippen molar-refractivity contribution in [1.29, 1.82) is 0 Å². The van der Waals surface area contributed by atoms with Gasteiger partial charge in [0.15, 0.2) is 0 Å². The zero-order chi connectivity index (χ0) is 14.5. The molecule has 0 spiro atoms. The first-order chi connectivity index (χ1) is 9.48. The van der Waals surface area contributed by atoms with E-state index in [4.69, 9.17) is 14.7 Å². The molecular weight excluding hydrogens is 256 g/mol. The summed E-state index contributed by atoms with van der Waals surface area (Å²) in [5.41, 5.74) is 2.68. The van der Waals surface area contributed by atoms with Gasteiger partial charge in [0.25, 0.3) is 0 Å². The average molecular weight is 280 g/mol. The van der Waals surface area contributed by atoms with Gasteiger partial charge in [0.05, 0.1) is 6.10 Å². The molecule has 2 aliphatic carbocycles. The molecule has 1 heterocycles. The van der Waals surface area contributed by atoms with Crippen LogP contribution in [0.2, 0.25) is 0 Å². The fraction of sp³-hybridized carbons (Fsp3) is 0.750. The predicted octanol–water partition coefficient (Wildman–Crippen LogP) is 3.15. The molecule has 0 aromatic carbocycles. The minimum Gasteiger partial charge on any atom is -0.378 e. The topological polar surface area (TPSA) is 47.9 Å². The Kier molecular flexibility index (Phi) is 3.53. The molecule has 1 aliphatic heterocycles. The van der Waals surface area contributed by atoms with Crippen molar-refractivity contribution in [3.8, 4) is 0 Å². The zero-order valence-corrected chi connectivity index (χ0v) is 12.6. The van der Waals surface area contributed by atoms with Crippen LogP contribution < -0.4 is 0 Å². The van der Waals surface area contributed by atoms with E-state index in [0.717, 1.165) is 6.42 Å². The molecule has 3 aliphatic rings. The second-order valence-corrected chi connectivity index (χ2v) is 6.81. The standard InChI is InChI=1S/C16H24O4/c1-9-5-6-11-10(7-9)14(18-4)15-12(16(11,2)3)8-13(19-15)20-17/h7-8,10-11,13-15,17H,5-6H2,1-4H3. The predicted molar refractivity (Wildman–Crippen MR) is 75.0 cm³/mol. The Morgan fingerprint density at radius 3 is 2.75 bits per heavy atom. The Hall–Kier alpha value is -0.680. The van der Waals surface area contributed by atoms with E-state index in [1.165, 1.54) is 17.6 Å². The van der Waals surface area contributed by atoms with Gasteiger partial charge in [-0.3, -0.25) is 0 Å². The van der Waals surface area contributed by atoms with E-state index >= 15 is 0 Å². The van der Waals surface area contributed by atoms with Crippen LogP contribution in [0.5, 0.6) is 0 Å². The summed E-state index contributed by atoms with van der Waals surface area (Å²) in [6.07, 6.45) is 5.80.